The van der Waals surface area contributed by atoms with Crippen LogP contribution in [0.1, 0.15) is 0 Å². The van der Waals surface area contributed by atoms with Crippen LogP contribution in [0, 0.1) is 0 Å². The summed E-state index contributed by atoms with van der Waals surface area (Å²) in [6, 6.07) is 11.8. The largest absolute Gasteiger partial charge is 0.496 e. The first-order valence-electron chi connectivity index (χ1n) is 7.54. The summed E-state index contributed by atoms with van der Waals surface area (Å²) in [5, 5.41) is 8.16. The van der Waals surface area contributed by atoms with E-state index >= 15 is 0 Å². The zero-order valence-electron chi connectivity index (χ0n) is 14.3. The summed E-state index contributed by atoms with van der Waals surface area (Å²) in [5.74, 6) is 1.04. The van der Waals surface area contributed by atoms with Gasteiger partial charge >= 0.3 is 0 Å². The van der Waals surface area contributed by atoms with Crippen molar-refractivity contribution in [3.63, 3.8) is 0 Å². The Morgan fingerprint density at radius 3 is 2.46 bits per heavy atom. The fraction of sp³-hybridized carbons (Fsp3) is 0.176. The molecule has 7 nitrogen and oxygen atoms in total. The lowest BCUT2D eigenvalue weighted by atomic mass is 10.2. The number of methoxy groups -OCH3 is 1. The molecule has 9 heteroatoms. The number of nitrogens with zero attached hydrogens (tertiary/aromatic N) is 3. The van der Waals surface area contributed by atoms with Crippen LogP contribution in [0.2, 0.25) is 5.02 Å². The van der Waals surface area contributed by atoms with Gasteiger partial charge in [-0.2, -0.15) is 0 Å². The second-order valence-corrected chi connectivity index (χ2v) is 8.07. The van der Waals surface area contributed by atoms with E-state index in [4.69, 9.17) is 20.8 Å². The third kappa shape index (κ3) is 3.31. The van der Waals surface area contributed by atoms with E-state index in [1.54, 1.807) is 25.3 Å². The van der Waals surface area contributed by atoms with E-state index in [-0.39, 0.29) is 21.7 Å². The maximum Gasteiger partial charge on any atom is 0.251 e. The standard InChI is InChI=1S/C17H16ClN3O4S/c1-21(2)26(22,23)15-10-11(8-9-13(15)18)16-19-20-17(25-16)12-6-4-5-7-14(12)24-3/h4-10H,1-3H3. The van der Waals surface area contributed by atoms with E-state index in [1.165, 1.54) is 26.2 Å². The Bertz CT molecular complexity index is 1050. The van der Waals surface area contributed by atoms with Crippen molar-refractivity contribution in [3.8, 4) is 28.7 Å². The Morgan fingerprint density at radius 1 is 1.08 bits per heavy atom. The van der Waals surface area contributed by atoms with Gasteiger partial charge in [-0.15, -0.1) is 10.2 Å². The molecular weight excluding hydrogens is 378 g/mol. The maximum absolute atomic E-state index is 12.4. The summed E-state index contributed by atoms with van der Waals surface area (Å²) in [7, 11) is 0.717. The second-order valence-electron chi connectivity index (χ2n) is 5.55. The predicted octanol–water partition coefficient (Wildman–Crippen LogP) is 3.32. The molecule has 136 valence electrons. The molecule has 1 aromatic heterocycles. The molecular formula is C17H16ClN3O4S. The van der Waals surface area contributed by atoms with Gasteiger partial charge in [0.1, 0.15) is 10.6 Å². The van der Waals surface area contributed by atoms with Crippen LogP contribution < -0.4 is 4.74 Å². The van der Waals surface area contributed by atoms with Gasteiger partial charge in [-0.25, -0.2) is 12.7 Å². The summed E-state index contributed by atoms with van der Waals surface area (Å²) in [6.45, 7) is 0. The van der Waals surface area contributed by atoms with Gasteiger partial charge in [0.2, 0.25) is 15.9 Å². The van der Waals surface area contributed by atoms with Crippen molar-refractivity contribution in [1.29, 1.82) is 0 Å². The van der Waals surface area contributed by atoms with Crippen molar-refractivity contribution < 1.29 is 17.6 Å². The number of ether oxygens (including phenoxy) is 1. The normalized spacial score (nSPS) is 11.7. The fourth-order valence-corrected chi connectivity index (χ4v) is 3.69. The molecule has 2 aromatic carbocycles. The highest BCUT2D eigenvalue weighted by Gasteiger charge is 2.23. The summed E-state index contributed by atoms with van der Waals surface area (Å²) in [4.78, 5) is -0.0290. The molecule has 0 atom stereocenters. The lowest BCUT2D eigenvalue weighted by Gasteiger charge is -2.13. The van der Waals surface area contributed by atoms with Crippen LogP contribution >= 0.6 is 11.6 Å². The molecule has 0 amide bonds. The molecule has 3 aromatic rings. The molecule has 0 saturated heterocycles. The molecule has 0 aliphatic carbocycles. The maximum atomic E-state index is 12.4. The molecule has 3 rings (SSSR count). The Labute approximate surface area is 156 Å². The molecule has 0 spiro atoms. The first-order chi connectivity index (χ1) is 12.3. The van der Waals surface area contributed by atoms with Gasteiger partial charge in [-0.3, -0.25) is 0 Å². The Morgan fingerprint density at radius 2 is 1.77 bits per heavy atom. The van der Waals surface area contributed by atoms with Crippen molar-refractivity contribution in [2.45, 2.75) is 4.90 Å². The molecule has 0 aliphatic rings. The summed E-state index contributed by atoms with van der Waals surface area (Å²) in [5.41, 5.74) is 1.09. The Balaban J connectivity index is 2.06. The smallest absolute Gasteiger partial charge is 0.251 e. The summed E-state index contributed by atoms with van der Waals surface area (Å²) < 4.78 is 36.9. The highest BCUT2D eigenvalue weighted by Crippen LogP contribution is 2.33. The average Bonchev–Trinajstić information content (AvgIpc) is 3.11. The van der Waals surface area contributed by atoms with Crippen LogP contribution in [0.3, 0.4) is 0 Å². The van der Waals surface area contributed by atoms with Gasteiger partial charge in [-0.1, -0.05) is 23.7 Å². The molecule has 0 aliphatic heterocycles. The van der Waals surface area contributed by atoms with Crippen LogP contribution in [-0.4, -0.2) is 44.1 Å². The second kappa shape index (κ2) is 7.06. The van der Waals surface area contributed by atoms with Crippen LogP contribution in [0.5, 0.6) is 5.75 Å². The average molecular weight is 394 g/mol. The van der Waals surface area contributed by atoms with Crippen LogP contribution in [0.4, 0.5) is 0 Å². The fourth-order valence-electron chi connectivity index (χ4n) is 2.30. The van der Waals surface area contributed by atoms with Crippen LogP contribution in [0.15, 0.2) is 51.8 Å². The predicted molar refractivity (Wildman–Crippen MR) is 97.6 cm³/mol. The van der Waals surface area contributed by atoms with E-state index in [0.717, 1.165) is 4.31 Å². The van der Waals surface area contributed by atoms with E-state index in [9.17, 15) is 8.42 Å². The van der Waals surface area contributed by atoms with Gasteiger partial charge in [0.25, 0.3) is 5.89 Å². The molecule has 0 radical (unpaired) electrons. The topological polar surface area (TPSA) is 85.5 Å². The van der Waals surface area contributed by atoms with Gasteiger partial charge < -0.3 is 9.15 Å². The third-order valence-electron chi connectivity index (χ3n) is 3.70. The zero-order valence-corrected chi connectivity index (χ0v) is 15.9. The third-order valence-corrected chi connectivity index (χ3v) is 6.00. The monoisotopic (exact) mass is 393 g/mol. The number of hydrogen-bond donors (Lipinski definition) is 0. The molecule has 0 bridgehead atoms. The van der Waals surface area contributed by atoms with Gasteiger partial charge in [0.05, 0.1) is 17.7 Å². The van der Waals surface area contributed by atoms with E-state index in [1.807, 2.05) is 12.1 Å². The van der Waals surface area contributed by atoms with Crippen molar-refractivity contribution >= 4 is 21.6 Å². The highest BCUT2D eigenvalue weighted by atomic mass is 35.5. The summed E-state index contributed by atoms with van der Waals surface area (Å²) in [6.07, 6.45) is 0. The molecule has 0 fully saturated rings. The van der Waals surface area contributed by atoms with E-state index in [0.29, 0.717) is 16.9 Å². The number of halogens is 1. The number of benzene rings is 2. The van der Waals surface area contributed by atoms with Gasteiger partial charge in [0.15, 0.2) is 0 Å². The first kappa shape index (κ1) is 18.4. The minimum absolute atomic E-state index is 0.0290. The lowest BCUT2D eigenvalue weighted by molar-refractivity contribution is 0.414. The van der Waals surface area contributed by atoms with Crippen molar-refractivity contribution in [2.24, 2.45) is 0 Å². The zero-order chi connectivity index (χ0) is 18.9. The van der Waals surface area contributed by atoms with Gasteiger partial charge in [-0.05, 0) is 30.3 Å². The van der Waals surface area contributed by atoms with Crippen molar-refractivity contribution in [3.05, 3.63) is 47.5 Å². The molecule has 0 saturated carbocycles. The molecule has 0 N–H and O–H groups in total. The van der Waals surface area contributed by atoms with E-state index < -0.39 is 10.0 Å². The van der Waals surface area contributed by atoms with E-state index in [2.05, 4.69) is 10.2 Å². The van der Waals surface area contributed by atoms with Crippen LogP contribution in [0.25, 0.3) is 22.9 Å². The minimum atomic E-state index is -3.70. The summed E-state index contributed by atoms with van der Waals surface area (Å²) >= 11 is 6.06. The number of sulfonamides is 1. The minimum Gasteiger partial charge on any atom is -0.496 e. The number of hydrogen-bond acceptors (Lipinski definition) is 6. The number of aromatic nitrogens is 2. The van der Waals surface area contributed by atoms with Crippen LogP contribution in [-0.2, 0) is 10.0 Å². The Hall–Kier alpha value is -2.42. The highest BCUT2D eigenvalue weighted by molar-refractivity contribution is 7.89. The number of para-hydroxylation sites is 1. The van der Waals surface area contributed by atoms with Crippen molar-refractivity contribution in [2.75, 3.05) is 21.2 Å². The molecule has 1 heterocycles. The first-order valence-corrected chi connectivity index (χ1v) is 9.35. The molecule has 0 unspecified atom stereocenters. The quantitative estimate of drug-likeness (QED) is 0.661. The Kier molecular flexibility index (Phi) is 4.99. The van der Waals surface area contributed by atoms with Crippen molar-refractivity contribution in [1.82, 2.24) is 14.5 Å². The van der Waals surface area contributed by atoms with Gasteiger partial charge in [0, 0.05) is 19.7 Å². The SMILES string of the molecule is COc1ccccc1-c1nnc(-c2ccc(Cl)c(S(=O)(=O)N(C)C)c2)o1. The lowest BCUT2D eigenvalue weighted by Crippen LogP contribution is -2.22. The molecule has 26 heavy (non-hydrogen) atoms. The number of rotatable bonds is 5.